The fourth-order valence-electron chi connectivity index (χ4n) is 4.25. The number of hydrogen-bond donors (Lipinski definition) is 2. The summed E-state index contributed by atoms with van der Waals surface area (Å²) in [5, 5.41) is 15.7. The van der Waals surface area contributed by atoms with Gasteiger partial charge in [0.05, 0.1) is 16.4 Å². The molecule has 3 heterocycles. The molecule has 0 radical (unpaired) electrons. The van der Waals surface area contributed by atoms with Crippen LogP contribution in [-0.2, 0) is 10.2 Å². The number of hydrogen-bond acceptors (Lipinski definition) is 7. The lowest BCUT2D eigenvalue weighted by Crippen LogP contribution is -2.32. The van der Waals surface area contributed by atoms with Crippen LogP contribution in [0.1, 0.15) is 44.0 Å². The van der Waals surface area contributed by atoms with Gasteiger partial charge in [0, 0.05) is 42.5 Å². The molecule has 0 atom stereocenters. The summed E-state index contributed by atoms with van der Waals surface area (Å²) >= 11 is 1.27. The highest BCUT2D eigenvalue weighted by molar-refractivity contribution is 7.20. The average Bonchev–Trinajstić information content (AvgIpc) is 3.36. The van der Waals surface area contributed by atoms with Crippen LogP contribution in [0.4, 0.5) is 11.4 Å². The molecule has 2 aromatic carbocycles. The number of carbonyl (C=O) groups excluding carboxylic acids is 2. The molecule has 5 rings (SSSR count). The van der Waals surface area contributed by atoms with Gasteiger partial charge in [-0.25, -0.2) is 4.98 Å². The second-order valence-corrected chi connectivity index (χ2v) is 9.71. The quantitative estimate of drug-likeness (QED) is 0.397. The van der Waals surface area contributed by atoms with Crippen molar-refractivity contribution >= 4 is 44.9 Å². The van der Waals surface area contributed by atoms with Gasteiger partial charge in [0.15, 0.2) is 0 Å². The molecule has 2 aromatic heterocycles. The topological polar surface area (TPSA) is 117 Å². The maximum Gasteiger partial charge on any atom is 0.265 e. The first-order valence-electron chi connectivity index (χ1n) is 11.5. The molecule has 0 saturated carbocycles. The molecule has 1 saturated heterocycles. The van der Waals surface area contributed by atoms with Crippen LogP contribution >= 0.6 is 11.3 Å². The molecule has 36 heavy (non-hydrogen) atoms. The van der Waals surface area contributed by atoms with Gasteiger partial charge in [-0.2, -0.15) is 5.26 Å². The third-order valence-electron chi connectivity index (χ3n) is 6.37. The lowest BCUT2D eigenvalue weighted by molar-refractivity contribution is 0.0675. The van der Waals surface area contributed by atoms with E-state index in [1.165, 1.54) is 11.3 Å². The van der Waals surface area contributed by atoms with Gasteiger partial charge in [0.1, 0.15) is 10.3 Å². The van der Waals surface area contributed by atoms with Crippen LogP contribution in [-0.4, -0.2) is 35.0 Å². The second-order valence-electron chi connectivity index (χ2n) is 8.68. The van der Waals surface area contributed by atoms with Gasteiger partial charge in [0.2, 0.25) is 0 Å². The summed E-state index contributed by atoms with van der Waals surface area (Å²) in [6.07, 6.45) is 4.38. The van der Waals surface area contributed by atoms with E-state index in [1.807, 2.05) is 19.1 Å². The molecule has 8 nitrogen and oxygen atoms in total. The van der Waals surface area contributed by atoms with Crippen molar-refractivity contribution < 1.29 is 14.3 Å². The largest absolute Gasteiger partial charge is 0.381 e. The van der Waals surface area contributed by atoms with Crippen LogP contribution in [0.25, 0.3) is 10.3 Å². The minimum atomic E-state index is -0.645. The fourth-order valence-corrected chi connectivity index (χ4v) is 5.10. The molecule has 4 aromatic rings. The molecular formula is C27H23N5O3S. The number of fused-ring (bicyclic) bond motifs is 1. The van der Waals surface area contributed by atoms with Crippen molar-refractivity contribution in [2.24, 2.45) is 0 Å². The van der Waals surface area contributed by atoms with Gasteiger partial charge < -0.3 is 15.4 Å². The third-order valence-corrected chi connectivity index (χ3v) is 7.40. The van der Waals surface area contributed by atoms with Crippen molar-refractivity contribution in [2.45, 2.75) is 25.2 Å². The predicted molar refractivity (Wildman–Crippen MR) is 138 cm³/mol. The zero-order valence-corrected chi connectivity index (χ0v) is 20.4. The molecule has 0 aliphatic carbocycles. The highest BCUT2D eigenvalue weighted by Gasteiger charge is 2.35. The van der Waals surface area contributed by atoms with Gasteiger partial charge in [-0.1, -0.05) is 18.2 Å². The minimum Gasteiger partial charge on any atom is -0.381 e. The molecule has 0 unspecified atom stereocenters. The number of benzene rings is 2. The summed E-state index contributed by atoms with van der Waals surface area (Å²) in [5.74, 6) is -0.558. The summed E-state index contributed by atoms with van der Waals surface area (Å²) in [5.41, 5.74) is 3.31. The molecule has 2 amide bonds. The zero-order valence-electron chi connectivity index (χ0n) is 19.6. The Labute approximate surface area is 212 Å². The average molecular weight is 498 g/mol. The standard InChI is InChI=1S/C27H23N5O3S/c1-17-5-6-20(14-21(17)32-25(34)23-15-22-26(36-23)30-10-9-29-22)31-24(33)18-3-2-4-19(13-18)27(16-28)7-11-35-12-8-27/h2-6,9-10,13-15H,7-8,11-12H2,1H3,(H,31,33)(H,32,34). The number of amides is 2. The van der Waals surface area contributed by atoms with Crippen LogP contribution in [0.3, 0.4) is 0 Å². The summed E-state index contributed by atoms with van der Waals surface area (Å²) < 4.78 is 5.43. The van der Waals surface area contributed by atoms with Crippen molar-refractivity contribution in [1.82, 2.24) is 9.97 Å². The van der Waals surface area contributed by atoms with E-state index in [2.05, 4.69) is 26.7 Å². The number of carbonyl (C=O) groups is 2. The first-order valence-corrected chi connectivity index (χ1v) is 12.3. The van der Waals surface area contributed by atoms with E-state index in [1.54, 1.807) is 48.8 Å². The Bertz CT molecular complexity index is 1470. The van der Waals surface area contributed by atoms with E-state index in [-0.39, 0.29) is 11.8 Å². The fraction of sp³-hybridized carbons (Fsp3) is 0.222. The van der Waals surface area contributed by atoms with Gasteiger partial charge in [-0.05, 0) is 61.2 Å². The minimum absolute atomic E-state index is 0.266. The monoisotopic (exact) mass is 497 g/mol. The Balaban J connectivity index is 1.33. The predicted octanol–water partition coefficient (Wildman–Crippen LogP) is 5.08. The van der Waals surface area contributed by atoms with Crippen LogP contribution in [0, 0.1) is 18.3 Å². The van der Waals surface area contributed by atoms with Crippen LogP contribution in [0.15, 0.2) is 60.9 Å². The first kappa shape index (κ1) is 23.6. The number of ether oxygens (including phenoxy) is 1. The summed E-state index contributed by atoms with van der Waals surface area (Å²) in [4.78, 5) is 35.6. The maximum absolute atomic E-state index is 13.1. The van der Waals surface area contributed by atoms with E-state index >= 15 is 0 Å². The second kappa shape index (κ2) is 9.85. The highest BCUT2D eigenvalue weighted by Crippen LogP contribution is 2.34. The van der Waals surface area contributed by atoms with Crippen molar-refractivity contribution in [1.29, 1.82) is 5.26 Å². The SMILES string of the molecule is Cc1ccc(NC(=O)c2cccc(C3(C#N)CCOCC3)c2)cc1NC(=O)c1cc2nccnc2s1. The lowest BCUT2D eigenvalue weighted by Gasteiger charge is -2.31. The Kier molecular flexibility index (Phi) is 6.46. The van der Waals surface area contributed by atoms with Crippen LogP contribution < -0.4 is 10.6 Å². The maximum atomic E-state index is 13.1. The summed E-state index contributed by atoms with van der Waals surface area (Å²) in [6, 6.07) is 16.7. The van der Waals surface area contributed by atoms with Crippen molar-refractivity contribution in [2.75, 3.05) is 23.8 Å². The highest BCUT2D eigenvalue weighted by atomic mass is 32.1. The number of rotatable bonds is 5. The number of nitrogens with one attached hydrogen (secondary N) is 2. The third kappa shape index (κ3) is 4.69. The summed E-state index contributed by atoms with van der Waals surface area (Å²) in [6.45, 7) is 2.93. The molecule has 1 aliphatic heterocycles. The first-order chi connectivity index (χ1) is 17.5. The van der Waals surface area contributed by atoms with Gasteiger partial charge in [-0.3, -0.25) is 14.6 Å². The number of aryl methyl sites for hydroxylation is 1. The van der Waals surface area contributed by atoms with Gasteiger partial charge >= 0.3 is 0 Å². The normalized spacial score (nSPS) is 14.7. The number of nitriles is 1. The van der Waals surface area contributed by atoms with Crippen molar-refractivity contribution in [3.63, 3.8) is 0 Å². The summed E-state index contributed by atoms with van der Waals surface area (Å²) in [7, 11) is 0. The van der Waals surface area contributed by atoms with Crippen LogP contribution in [0.2, 0.25) is 0 Å². The number of nitrogens with zero attached hydrogens (tertiary/aromatic N) is 3. The Morgan fingerprint density at radius 1 is 1.03 bits per heavy atom. The molecule has 1 fully saturated rings. The number of aromatic nitrogens is 2. The zero-order chi connectivity index (χ0) is 25.1. The van der Waals surface area contributed by atoms with E-state index in [4.69, 9.17) is 4.74 Å². The number of thiophene rings is 1. The Morgan fingerprint density at radius 3 is 2.61 bits per heavy atom. The van der Waals surface area contributed by atoms with E-state index in [9.17, 15) is 14.9 Å². The molecule has 2 N–H and O–H groups in total. The van der Waals surface area contributed by atoms with Gasteiger partial charge in [0.25, 0.3) is 11.8 Å². The van der Waals surface area contributed by atoms with E-state index < -0.39 is 5.41 Å². The molecule has 0 spiro atoms. The molecule has 9 heteroatoms. The smallest absolute Gasteiger partial charge is 0.265 e. The molecule has 1 aliphatic rings. The Morgan fingerprint density at radius 2 is 1.83 bits per heavy atom. The van der Waals surface area contributed by atoms with Crippen LogP contribution in [0.5, 0.6) is 0 Å². The van der Waals surface area contributed by atoms with Crippen molar-refractivity contribution in [3.8, 4) is 6.07 Å². The Hall–Kier alpha value is -4.13. The molecular weight excluding hydrogens is 474 g/mol. The molecule has 0 bridgehead atoms. The lowest BCUT2D eigenvalue weighted by atomic mass is 9.75. The van der Waals surface area contributed by atoms with E-state index in [0.717, 1.165) is 11.1 Å². The molecule has 180 valence electrons. The van der Waals surface area contributed by atoms with Crippen molar-refractivity contribution in [3.05, 3.63) is 82.5 Å². The number of anilines is 2. The van der Waals surface area contributed by atoms with E-state index in [0.29, 0.717) is 58.2 Å². The van der Waals surface area contributed by atoms with Gasteiger partial charge in [-0.15, -0.1) is 11.3 Å².